The zero-order valence-electron chi connectivity index (χ0n) is 10.9. The van der Waals surface area contributed by atoms with E-state index >= 15 is 0 Å². The smallest absolute Gasteiger partial charge is 0.349 e. The monoisotopic (exact) mass is 271 g/mol. The van der Waals surface area contributed by atoms with E-state index in [1.165, 1.54) is 11.3 Å². The lowest BCUT2D eigenvalue weighted by Crippen LogP contribution is -2.27. The van der Waals surface area contributed by atoms with Gasteiger partial charge in [-0.3, -0.25) is 0 Å². The highest BCUT2D eigenvalue weighted by molar-refractivity contribution is 7.12. The zero-order chi connectivity index (χ0) is 13.9. The van der Waals surface area contributed by atoms with Crippen LogP contribution in [0.1, 0.15) is 36.0 Å². The zero-order valence-corrected chi connectivity index (χ0v) is 11.7. The predicted molar refractivity (Wildman–Crippen MR) is 69.6 cm³/mol. The van der Waals surface area contributed by atoms with Gasteiger partial charge in [0.15, 0.2) is 6.61 Å². The second-order valence-corrected chi connectivity index (χ2v) is 5.69. The molecule has 6 heteroatoms. The molecule has 0 aliphatic carbocycles. The van der Waals surface area contributed by atoms with Crippen LogP contribution in [0.5, 0.6) is 0 Å². The molecule has 1 heterocycles. The lowest BCUT2D eigenvalue weighted by atomic mass is 10.2. The fourth-order valence-corrected chi connectivity index (χ4v) is 2.06. The minimum atomic E-state index is -0.591. The topological polar surface area (TPSA) is 78.6 Å². The first kappa shape index (κ1) is 14.5. The molecule has 1 aromatic heterocycles. The fourth-order valence-electron chi connectivity index (χ4n) is 1.19. The van der Waals surface area contributed by atoms with Crippen molar-refractivity contribution in [1.82, 2.24) is 0 Å². The van der Waals surface area contributed by atoms with Crippen LogP contribution >= 0.6 is 11.3 Å². The number of hydrogen-bond donors (Lipinski definition) is 1. The Balaban J connectivity index is 2.52. The van der Waals surface area contributed by atoms with E-state index in [2.05, 4.69) is 0 Å². The van der Waals surface area contributed by atoms with Crippen molar-refractivity contribution in [2.24, 2.45) is 0 Å². The third-order valence-corrected chi connectivity index (χ3v) is 3.08. The molecule has 1 rings (SSSR count). The van der Waals surface area contributed by atoms with E-state index in [-0.39, 0.29) is 0 Å². The summed E-state index contributed by atoms with van der Waals surface area (Å²) in [6.07, 6.45) is 0. The number of nitrogen functional groups attached to an aromatic ring is 1. The summed E-state index contributed by atoms with van der Waals surface area (Å²) < 4.78 is 9.89. The Morgan fingerprint density at radius 2 is 2.00 bits per heavy atom. The van der Waals surface area contributed by atoms with Crippen molar-refractivity contribution < 1.29 is 19.1 Å². The molecule has 0 fully saturated rings. The Kier molecular flexibility index (Phi) is 4.34. The second kappa shape index (κ2) is 5.39. The lowest BCUT2D eigenvalue weighted by Gasteiger charge is -2.19. The van der Waals surface area contributed by atoms with E-state index in [0.717, 1.165) is 0 Å². The summed E-state index contributed by atoms with van der Waals surface area (Å²) in [7, 11) is 0. The van der Waals surface area contributed by atoms with E-state index in [0.29, 0.717) is 16.1 Å². The van der Waals surface area contributed by atoms with Gasteiger partial charge in [-0.2, -0.15) is 0 Å². The van der Waals surface area contributed by atoms with Crippen molar-refractivity contribution in [2.75, 3.05) is 12.3 Å². The molecular formula is C12H17NO4S. The van der Waals surface area contributed by atoms with Gasteiger partial charge in [0.2, 0.25) is 0 Å². The van der Waals surface area contributed by atoms with Crippen LogP contribution in [0.4, 0.5) is 5.69 Å². The normalized spacial score (nSPS) is 11.1. The quantitative estimate of drug-likeness (QED) is 0.852. The van der Waals surface area contributed by atoms with Gasteiger partial charge in [0.25, 0.3) is 0 Å². The van der Waals surface area contributed by atoms with Gasteiger partial charge in [0.1, 0.15) is 10.5 Å². The minimum absolute atomic E-state index is 0.395. The second-order valence-electron chi connectivity index (χ2n) is 4.81. The molecule has 2 N–H and O–H groups in total. The number of carbonyl (C=O) groups excluding carboxylic acids is 2. The summed E-state index contributed by atoms with van der Waals surface area (Å²) in [5.41, 5.74) is 6.26. The number of hydrogen-bond acceptors (Lipinski definition) is 6. The van der Waals surface area contributed by atoms with Crippen molar-refractivity contribution in [3.05, 3.63) is 15.8 Å². The van der Waals surface area contributed by atoms with Gasteiger partial charge in [-0.25, -0.2) is 9.59 Å². The van der Waals surface area contributed by atoms with Crippen LogP contribution in [0, 0.1) is 6.92 Å². The molecule has 0 saturated heterocycles. The van der Waals surface area contributed by atoms with Crippen LogP contribution in [0.3, 0.4) is 0 Å². The summed E-state index contributed by atoms with van der Waals surface area (Å²) >= 11 is 1.20. The maximum Gasteiger partial charge on any atom is 0.349 e. The van der Waals surface area contributed by atoms with Crippen molar-refractivity contribution in [1.29, 1.82) is 0 Å². The number of nitrogens with two attached hydrogens (primary N) is 1. The van der Waals surface area contributed by atoms with E-state index in [1.54, 1.807) is 33.1 Å². The SMILES string of the molecule is Cc1c(N)csc1C(=O)OCC(=O)OC(C)(C)C. The number of rotatable bonds is 3. The number of anilines is 1. The highest BCUT2D eigenvalue weighted by Gasteiger charge is 2.20. The highest BCUT2D eigenvalue weighted by Crippen LogP contribution is 2.24. The van der Waals surface area contributed by atoms with Crippen LogP contribution in [0.15, 0.2) is 5.38 Å². The summed E-state index contributed by atoms with van der Waals surface area (Å²) in [5, 5.41) is 1.67. The Morgan fingerprint density at radius 1 is 1.39 bits per heavy atom. The third-order valence-electron chi connectivity index (χ3n) is 2.00. The molecule has 0 spiro atoms. The Labute approximate surface area is 110 Å². The van der Waals surface area contributed by atoms with Gasteiger partial charge in [0.05, 0.1) is 0 Å². The summed E-state index contributed by atoms with van der Waals surface area (Å²) in [4.78, 5) is 23.5. The lowest BCUT2D eigenvalue weighted by molar-refractivity contribution is -0.158. The first-order valence-electron chi connectivity index (χ1n) is 5.43. The predicted octanol–water partition coefficient (Wildman–Crippen LogP) is 2.14. The van der Waals surface area contributed by atoms with Gasteiger partial charge >= 0.3 is 11.9 Å². The molecule has 0 saturated carbocycles. The van der Waals surface area contributed by atoms with E-state index in [1.807, 2.05) is 0 Å². The molecule has 0 radical (unpaired) electrons. The largest absolute Gasteiger partial charge is 0.457 e. The van der Waals surface area contributed by atoms with Crippen LogP contribution in [0.2, 0.25) is 0 Å². The summed E-state index contributed by atoms with van der Waals surface area (Å²) in [5.74, 6) is -1.13. The van der Waals surface area contributed by atoms with Crippen LogP contribution < -0.4 is 5.73 Å². The van der Waals surface area contributed by atoms with Crippen LogP contribution in [0.25, 0.3) is 0 Å². The van der Waals surface area contributed by atoms with E-state index in [4.69, 9.17) is 15.2 Å². The average molecular weight is 271 g/mol. The van der Waals surface area contributed by atoms with E-state index < -0.39 is 24.1 Å². The molecule has 100 valence electrons. The molecule has 18 heavy (non-hydrogen) atoms. The fraction of sp³-hybridized carbons (Fsp3) is 0.500. The minimum Gasteiger partial charge on any atom is -0.457 e. The number of ether oxygens (including phenoxy) is 2. The summed E-state index contributed by atoms with van der Waals surface area (Å²) in [6.45, 7) is 6.58. The molecule has 0 aromatic carbocycles. The standard InChI is InChI=1S/C12H17NO4S/c1-7-8(13)6-18-10(7)11(15)16-5-9(14)17-12(2,3)4/h6H,5,13H2,1-4H3. The Hall–Kier alpha value is -1.56. The van der Waals surface area contributed by atoms with E-state index in [9.17, 15) is 9.59 Å². The first-order valence-corrected chi connectivity index (χ1v) is 6.31. The van der Waals surface area contributed by atoms with Crippen molar-refractivity contribution >= 4 is 29.0 Å². The van der Waals surface area contributed by atoms with Gasteiger partial charge in [0, 0.05) is 11.1 Å². The Morgan fingerprint density at radius 3 is 2.44 bits per heavy atom. The highest BCUT2D eigenvalue weighted by atomic mass is 32.1. The average Bonchev–Trinajstić information content (AvgIpc) is 2.54. The first-order chi connectivity index (χ1) is 8.20. The van der Waals surface area contributed by atoms with Crippen molar-refractivity contribution in [3.8, 4) is 0 Å². The molecule has 0 amide bonds. The molecule has 0 aliphatic rings. The molecule has 1 aromatic rings. The number of thiophene rings is 1. The number of carbonyl (C=O) groups is 2. The third kappa shape index (κ3) is 4.03. The van der Waals surface area contributed by atoms with Gasteiger partial charge in [-0.15, -0.1) is 11.3 Å². The van der Waals surface area contributed by atoms with Gasteiger partial charge in [-0.05, 0) is 33.3 Å². The summed E-state index contributed by atoms with van der Waals surface area (Å²) in [6, 6.07) is 0. The van der Waals surface area contributed by atoms with Gasteiger partial charge in [-0.1, -0.05) is 0 Å². The van der Waals surface area contributed by atoms with Crippen LogP contribution in [-0.4, -0.2) is 24.1 Å². The molecule has 0 unspecified atom stereocenters. The number of esters is 2. The van der Waals surface area contributed by atoms with Crippen molar-refractivity contribution in [2.45, 2.75) is 33.3 Å². The van der Waals surface area contributed by atoms with Crippen LogP contribution in [-0.2, 0) is 14.3 Å². The molecule has 5 nitrogen and oxygen atoms in total. The maximum absolute atomic E-state index is 11.7. The van der Waals surface area contributed by atoms with Crippen molar-refractivity contribution in [3.63, 3.8) is 0 Å². The Bertz CT molecular complexity index is 459. The molecule has 0 bridgehead atoms. The molecular weight excluding hydrogens is 254 g/mol. The van der Waals surface area contributed by atoms with Gasteiger partial charge < -0.3 is 15.2 Å². The maximum atomic E-state index is 11.7. The molecule has 0 atom stereocenters. The molecule has 0 aliphatic heterocycles.